The van der Waals surface area contributed by atoms with Crippen molar-refractivity contribution in [3.05, 3.63) is 28.5 Å². The maximum absolute atomic E-state index is 12.5. The van der Waals surface area contributed by atoms with Crippen molar-refractivity contribution in [3.63, 3.8) is 0 Å². The lowest BCUT2D eigenvalue weighted by molar-refractivity contribution is -0.141. The number of nitrogens with zero attached hydrogens (tertiary/aromatic N) is 2. The summed E-state index contributed by atoms with van der Waals surface area (Å²) >= 11 is 5.40. The summed E-state index contributed by atoms with van der Waals surface area (Å²) in [4.78, 5) is 6.63. The third-order valence-electron chi connectivity index (χ3n) is 2.25. The molecular weight excluding hydrogens is 307 g/mol. The summed E-state index contributed by atoms with van der Waals surface area (Å²) in [5.74, 6) is -0.422. The van der Waals surface area contributed by atoms with Crippen LogP contribution in [0.15, 0.2) is 17.6 Å². The van der Waals surface area contributed by atoms with Gasteiger partial charge in [0.25, 0.3) is 0 Å². The zero-order chi connectivity index (χ0) is 14.3. The van der Waals surface area contributed by atoms with Crippen LogP contribution in [0.25, 0.3) is 0 Å². The van der Waals surface area contributed by atoms with Gasteiger partial charge in [-0.1, -0.05) is 0 Å². The molecular formula is C9H7ClF3N3O2S. The van der Waals surface area contributed by atoms with Crippen LogP contribution in [0.1, 0.15) is 5.69 Å². The topological polar surface area (TPSA) is 72.0 Å². The molecule has 1 atom stereocenters. The summed E-state index contributed by atoms with van der Waals surface area (Å²) in [5, 5.41) is 2.98. The molecule has 19 heavy (non-hydrogen) atoms. The zero-order valence-electron chi connectivity index (χ0n) is 9.15. The minimum atomic E-state index is -4.65. The van der Waals surface area contributed by atoms with E-state index in [9.17, 15) is 21.6 Å². The molecule has 1 aromatic rings. The fraction of sp³-hybridized carbons (Fsp3) is 0.333. The third-order valence-corrected chi connectivity index (χ3v) is 3.82. The van der Waals surface area contributed by atoms with Gasteiger partial charge in [0, 0.05) is 11.5 Å². The third kappa shape index (κ3) is 3.57. The van der Waals surface area contributed by atoms with E-state index in [0.29, 0.717) is 6.07 Å². The summed E-state index contributed by atoms with van der Waals surface area (Å²) in [6.07, 6.45) is -3.32. The lowest BCUT2D eigenvalue weighted by atomic mass is 10.3. The van der Waals surface area contributed by atoms with Crippen LogP contribution in [0, 0.1) is 0 Å². The number of alkyl halides is 3. The van der Waals surface area contributed by atoms with E-state index in [4.69, 9.17) is 11.6 Å². The summed E-state index contributed by atoms with van der Waals surface area (Å²) in [7, 11) is -3.31. The predicted octanol–water partition coefficient (Wildman–Crippen LogP) is 1.87. The molecule has 1 N–H and O–H groups in total. The molecule has 0 saturated carbocycles. The van der Waals surface area contributed by atoms with Crippen molar-refractivity contribution >= 4 is 27.3 Å². The molecule has 0 saturated heterocycles. The highest BCUT2D eigenvalue weighted by Crippen LogP contribution is 2.30. The van der Waals surface area contributed by atoms with Crippen LogP contribution < -0.4 is 5.32 Å². The average Bonchev–Trinajstić information content (AvgIpc) is 2.55. The van der Waals surface area contributed by atoms with Crippen LogP contribution in [-0.4, -0.2) is 30.2 Å². The van der Waals surface area contributed by atoms with Crippen LogP contribution in [0.2, 0.25) is 5.28 Å². The molecule has 104 valence electrons. The van der Waals surface area contributed by atoms with Crippen LogP contribution in [-0.2, 0) is 16.0 Å². The Morgan fingerprint density at radius 2 is 2.05 bits per heavy atom. The Morgan fingerprint density at radius 1 is 1.37 bits per heavy atom. The molecule has 1 unspecified atom stereocenters. The molecule has 0 amide bonds. The second-order valence-electron chi connectivity index (χ2n) is 3.81. The summed E-state index contributed by atoms with van der Waals surface area (Å²) < 4.78 is 59.8. The fourth-order valence-corrected chi connectivity index (χ4v) is 2.91. The fourth-order valence-electron chi connectivity index (χ4n) is 1.49. The normalized spacial score (nSPS) is 21.6. The Balaban J connectivity index is 2.23. The maximum Gasteiger partial charge on any atom is 0.433 e. The van der Waals surface area contributed by atoms with Gasteiger partial charge in [0.1, 0.15) is 5.82 Å². The average molecular weight is 314 g/mol. The Bertz CT molecular complexity index is 630. The highest BCUT2D eigenvalue weighted by molar-refractivity contribution is 7.94. The number of aromatic nitrogens is 2. The SMILES string of the molecule is O=S1(=O)C=CC(Nc2cc(C(F)(F)F)nc(Cl)n2)C1. The van der Waals surface area contributed by atoms with Crippen LogP contribution in [0.4, 0.5) is 19.0 Å². The molecule has 0 radical (unpaired) electrons. The van der Waals surface area contributed by atoms with Gasteiger partial charge in [-0.3, -0.25) is 0 Å². The Hall–Kier alpha value is -1.35. The highest BCUT2D eigenvalue weighted by atomic mass is 35.5. The first kappa shape index (κ1) is 14.1. The van der Waals surface area contributed by atoms with Gasteiger partial charge in [0.2, 0.25) is 5.28 Å². The van der Waals surface area contributed by atoms with E-state index in [1.807, 2.05) is 0 Å². The number of anilines is 1. The first-order chi connectivity index (χ1) is 8.66. The van der Waals surface area contributed by atoms with E-state index in [1.54, 1.807) is 0 Å². The molecule has 0 aromatic carbocycles. The lowest BCUT2D eigenvalue weighted by Gasteiger charge is -2.12. The molecule has 0 bridgehead atoms. The minimum absolute atomic E-state index is 0.181. The monoisotopic (exact) mass is 313 g/mol. The van der Waals surface area contributed by atoms with Crippen molar-refractivity contribution in [2.24, 2.45) is 0 Å². The van der Waals surface area contributed by atoms with Crippen LogP contribution >= 0.6 is 11.6 Å². The van der Waals surface area contributed by atoms with Crippen molar-refractivity contribution in [1.29, 1.82) is 0 Å². The van der Waals surface area contributed by atoms with Gasteiger partial charge in [-0.05, 0) is 17.7 Å². The van der Waals surface area contributed by atoms with Gasteiger partial charge in [0.15, 0.2) is 15.5 Å². The first-order valence-corrected chi connectivity index (χ1v) is 7.04. The quantitative estimate of drug-likeness (QED) is 0.844. The molecule has 1 aromatic heterocycles. The zero-order valence-corrected chi connectivity index (χ0v) is 10.7. The van der Waals surface area contributed by atoms with E-state index in [-0.39, 0.29) is 11.6 Å². The van der Waals surface area contributed by atoms with E-state index in [2.05, 4.69) is 15.3 Å². The smallest absolute Gasteiger partial charge is 0.363 e. The number of rotatable bonds is 2. The van der Waals surface area contributed by atoms with Gasteiger partial charge in [-0.15, -0.1) is 0 Å². The van der Waals surface area contributed by atoms with E-state index < -0.39 is 33.0 Å². The summed E-state index contributed by atoms with van der Waals surface area (Å²) in [6, 6.07) is 0.0297. The lowest BCUT2D eigenvalue weighted by Crippen LogP contribution is -2.22. The van der Waals surface area contributed by atoms with Gasteiger partial charge >= 0.3 is 6.18 Å². The van der Waals surface area contributed by atoms with Crippen molar-refractivity contribution in [3.8, 4) is 0 Å². The largest absolute Gasteiger partial charge is 0.433 e. The van der Waals surface area contributed by atoms with Gasteiger partial charge in [-0.25, -0.2) is 18.4 Å². The van der Waals surface area contributed by atoms with E-state index >= 15 is 0 Å². The Kier molecular flexibility index (Phi) is 3.43. The second kappa shape index (κ2) is 4.64. The van der Waals surface area contributed by atoms with Crippen molar-refractivity contribution in [1.82, 2.24) is 9.97 Å². The van der Waals surface area contributed by atoms with Crippen molar-refractivity contribution in [2.45, 2.75) is 12.2 Å². The number of halogens is 4. The molecule has 2 rings (SSSR count). The maximum atomic E-state index is 12.5. The number of sulfone groups is 1. The highest BCUT2D eigenvalue weighted by Gasteiger charge is 2.34. The van der Waals surface area contributed by atoms with Gasteiger partial charge in [0.05, 0.1) is 11.8 Å². The predicted molar refractivity (Wildman–Crippen MR) is 62.4 cm³/mol. The minimum Gasteiger partial charge on any atom is -0.363 e. The molecule has 5 nitrogen and oxygen atoms in total. The number of hydrogen-bond acceptors (Lipinski definition) is 5. The summed E-state index contributed by atoms with van der Waals surface area (Å²) in [5.41, 5.74) is -1.19. The molecule has 0 spiro atoms. The van der Waals surface area contributed by atoms with Gasteiger partial charge in [-0.2, -0.15) is 13.2 Å². The summed E-state index contributed by atoms with van der Waals surface area (Å²) in [6.45, 7) is 0. The second-order valence-corrected chi connectivity index (χ2v) is 6.08. The molecule has 2 heterocycles. The van der Waals surface area contributed by atoms with Gasteiger partial charge < -0.3 is 5.32 Å². The molecule has 10 heteroatoms. The van der Waals surface area contributed by atoms with E-state index in [1.165, 1.54) is 6.08 Å². The molecule has 0 fully saturated rings. The van der Waals surface area contributed by atoms with Crippen LogP contribution in [0.5, 0.6) is 0 Å². The Morgan fingerprint density at radius 3 is 2.58 bits per heavy atom. The Labute approximate surface area is 111 Å². The van der Waals surface area contributed by atoms with Crippen LogP contribution in [0.3, 0.4) is 0 Å². The van der Waals surface area contributed by atoms with Crippen molar-refractivity contribution in [2.75, 3.05) is 11.1 Å². The molecule has 1 aliphatic heterocycles. The first-order valence-electron chi connectivity index (χ1n) is 4.95. The number of nitrogens with one attached hydrogen (secondary N) is 1. The van der Waals surface area contributed by atoms with Crippen molar-refractivity contribution < 1.29 is 21.6 Å². The van der Waals surface area contributed by atoms with E-state index in [0.717, 1.165) is 5.41 Å². The standard InChI is InChI=1S/C9H7ClF3N3O2S/c10-8-15-6(9(11,12)13)3-7(16-8)14-5-1-2-19(17,18)4-5/h1-3,5H,4H2,(H,14,15,16). The molecule has 1 aliphatic rings. The number of hydrogen-bond donors (Lipinski definition) is 1. The molecule has 0 aliphatic carbocycles.